The zero-order chi connectivity index (χ0) is 22.9. The van der Waals surface area contributed by atoms with E-state index in [9.17, 15) is 9.59 Å². The zero-order valence-corrected chi connectivity index (χ0v) is 19.3. The highest BCUT2D eigenvalue weighted by atomic mass is 32.1. The Kier molecular flexibility index (Phi) is 8.21. The SMILES string of the molecule is COc1ccc(NC(=O)N(Cc2nc(C(=O)NCCc3ccccc3)cs2)C(C)C)cc1. The Labute approximate surface area is 192 Å². The lowest BCUT2D eigenvalue weighted by atomic mass is 10.1. The van der Waals surface area contributed by atoms with Crippen molar-refractivity contribution in [3.63, 3.8) is 0 Å². The minimum absolute atomic E-state index is 0.0414. The highest BCUT2D eigenvalue weighted by Gasteiger charge is 2.20. The molecule has 0 radical (unpaired) electrons. The predicted octanol–water partition coefficient (Wildman–Crippen LogP) is 4.57. The first kappa shape index (κ1) is 23.3. The molecule has 1 aromatic heterocycles. The van der Waals surface area contributed by atoms with Crippen molar-refractivity contribution >= 4 is 29.0 Å². The second-order valence-corrected chi connectivity index (χ2v) is 8.44. The lowest BCUT2D eigenvalue weighted by molar-refractivity contribution is 0.0949. The number of ether oxygens (including phenoxy) is 1. The fourth-order valence-electron chi connectivity index (χ4n) is 3.05. The summed E-state index contributed by atoms with van der Waals surface area (Å²) in [6.07, 6.45) is 0.760. The number of methoxy groups -OCH3 is 1. The van der Waals surface area contributed by atoms with Gasteiger partial charge in [0.05, 0.1) is 13.7 Å². The predicted molar refractivity (Wildman–Crippen MR) is 127 cm³/mol. The Balaban J connectivity index is 1.55. The number of benzene rings is 2. The van der Waals surface area contributed by atoms with Gasteiger partial charge in [-0.25, -0.2) is 9.78 Å². The van der Waals surface area contributed by atoms with Crippen molar-refractivity contribution in [3.05, 3.63) is 76.2 Å². The van der Waals surface area contributed by atoms with Gasteiger partial charge in [-0.15, -0.1) is 11.3 Å². The zero-order valence-electron chi connectivity index (χ0n) is 18.5. The number of hydrogen-bond acceptors (Lipinski definition) is 5. The maximum absolute atomic E-state index is 12.8. The lowest BCUT2D eigenvalue weighted by Gasteiger charge is -2.26. The molecule has 2 N–H and O–H groups in total. The molecule has 0 atom stereocenters. The van der Waals surface area contributed by atoms with Gasteiger partial charge in [0.1, 0.15) is 16.5 Å². The highest BCUT2D eigenvalue weighted by Crippen LogP contribution is 2.18. The van der Waals surface area contributed by atoms with E-state index in [1.165, 1.54) is 16.9 Å². The summed E-state index contributed by atoms with van der Waals surface area (Å²) < 4.78 is 5.14. The van der Waals surface area contributed by atoms with E-state index in [1.807, 2.05) is 44.2 Å². The monoisotopic (exact) mass is 452 g/mol. The molecule has 0 unspecified atom stereocenters. The summed E-state index contributed by atoms with van der Waals surface area (Å²) in [4.78, 5) is 31.4. The van der Waals surface area contributed by atoms with E-state index < -0.39 is 0 Å². The first-order valence-electron chi connectivity index (χ1n) is 10.4. The fourth-order valence-corrected chi connectivity index (χ4v) is 3.82. The number of aromatic nitrogens is 1. The summed E-state index contributed by atoms with van der Waals surface area (Å²) in [5.74, 6) is 0.517. The van der Waals surface area contributed by atoms with E-state index in [1.54, 1.807) is 41.7 Å². The van der Waals surface area contributed by atoms with Crippen molar-refractivity contribution in [2.45, 2.75) is 32.9 Å². The summed E-state index contributed by atoms with van der Waals surface area (Å²) in [5, 5.41) is 8.24. The molecule has 0 aliphatic carbocycles. The Morgan fingerprint density at radius 1 is 1.09 bits per heavy atom. The topological polar surface area (TPSA) is 83.6 Å². The van der Waals surface area contributed by atoms with Gasteiger partial charge in [0.15, 0.2) is 0 Å². The number of rotatable bonds is 9. The van der Waals surface area contributed by atoms with Crippen molar-refractivity contribution in [1.82, 2.24) is 15.2 Å². The van der Waals surface area contributed by atoms with E-state index in [-0.39, 0.29) is 18.0 Å². The number of carbonyl (C=O) groups is 2. The molecule has 7 nitrogen and oxygen atoms in total. The van der Waals surface area contributed by atoms with Crippen LogP contribution in [-0.2, 0) is 13.0 Å². The van der Waals surface area contributed by atoms with Gasteiger partial charge in [-0.1, -0.05) is 30.3 Å². The summed E-state index contributed by atoms with van der Waals surface area (Å²) in [6.45, 7) is 4.75. The van der Waals surface area contributed by atoms with Gasteiger partial charge in [0.2, 0.25) is 0 Å². The molecule has 0 saturated heterocycles. The normalized spacial score (nSPS) is 10.6. The van der Waals surface area contributed by atoms with Crippen molar-refractivity contribution in [2.24, 2.45) is 0 Å². The Morgan fingerprint density at radius 3 is 2.47 bits per heavy atom. The summed E-state index contributed by atoms with van der Waals surface area (Å²) in [6, 6.07) is 16.9. The van der Waals surface area contributed by atoms with Crippen molar-refractivity contribution in [2.75, 3.05) is 19.0 Å². The van der Waals surface area contributed by atoms with Crippen molar-refractivity contribution in [3.8, 4) is 5.75 Å². The van der Waals surface area contributed by atoms with Gasteiger partial charge in [0.25, 0.3) is 5.91 Å². The molecule has 3 aromatic rings. The van der Waals surface area contributed by atoms with Gasteiger partial charge in [-0.3, -0.25) is 4.79 Å². The molecule has 32 heavy (non-hydrogen) atoms. The molecule has 1 heterocycles. The van der Waals surface area contributed by atoms with E-state index in [0.717, 1.165) is 12.2 Å². The molecule has 0 bridgehead atoms. The number of urea groups is 1. The minimum atomic E-state index is -0.228. The number of hydrogen-bond donors (Lipinski definition) is 2. The maximum atomic E-state index is 12.8. The molecular formula is C24H28N4O3S. The molecule has 3 amide bonds. The molecule has 3 rings (SSSR count). The Hall–Kier alpha value is -3.39. The van der Waals surface area contributed by atoms with Gasteiger partial charge < -0.3 is 20.3 Å². The number of amides is 3. The number of thiazole rings is 1. The standard InChI is InChI=1S/C24H28N4O3S/c1-17(2)28(24(30)26-19-9-11-20(31-3)12-10-19)15-22-27-21(16-32-22)23(29)25-14-13-18-7-5-4-6-8-18/h4-12,16-17H,13-15H2,1-3H3,(H,25,29)(H,26,30). The maximum Gasteiger partial charge on any atom is 0.322 e. The van der Waals surface area contributed by atoms with Crippen LogP contribution in [0, 0.1) is 0 Å². The van der Waals surface area contributed by atoms with Gasteiger partial charge in [0, 0.05) is 23.7 Å². The molecule has 0 saturated carbocycles. The van der Waals surface area contributed by atoms with Crippen LogP contribution >= 0.6 is 11.3 Å². The fraction of sp³-hybridized carbons (Fsp3) is 0.292. The summed E-state index contributed by atoms with van der Waals surface area (Å²) in [5.41, 5.74) is 2.22. The second-order valence-electron chi connectivity index (χ2n) is 7.50. The number of nitrogens with zero attached hydrogens (tertiary/aromatic N) is 2. The van der Waals surface area contributed by atoms with Crippen LogP contribution < -0.4 is 15.4 Å². The molecule has 168 valence electrons. The average Bonchev–Trinajstić information content (AvgIpc) is 3.27. The first-order valence-corrected chi connectivity index (χ1v) is 11.3. The number of carbonyl (C=O) groups excluding carboxylic acids is 2. The van der Waals surface area contributed by atoms with Crippen LogP contribution in [0.5, 0.6) is 5.75 Å². The van der Waals surface area contributed by atoms with Gasteiger partial charge in [-0.05, 0) is 50.1 Å². The largest absolute Gasteiger partial charge is 0.497 e. The van der Waals surface area contributed by atoms with Gasteiger partial charge in [-0.2, -0.15) is 0 Å². The minimum Gasteiger partial charge on any atom is -0.497 e. The summed E-state index contributed by atoms with van der Waals surface area (Å²) in [7, 11) is 1.60. The van der Waals surface area contributed by atoms with Crippen molar-refractivity contribution < 1.29 is 14.3 Å². The first-order chi connectivity index (χ1) is 15.5. The van der Waals surface area contributed by atoms with Crippen LogP contribution in [0.1, 0.15) is 34.9 Å². The molecule has 8 heteroatoms. The summed E-state index contributed by atoms with van der Waals surface area (Å²) >= 11 is 1.37. The third-order valence-corrected chi connectivity index (χ3v) is 5.69. The Bertz CT molecular complexity index is 1020. The lowest BCUT2D eigenvalue weighted by Crippen LogP contribution is -2.39. The van der Waals surface area contributed by atoms with Crippen LogP contribution in [0.3, 0.4) is 0 Å². The van der Waals surface area contributed by atoms with Crippen LogP contribution in [0.2, 0.25) is 0 Å². The molecular weight excluding hydrogens is 424 g/mol. The highest BCUT2D eigenvalue weighted by molar-refractivity contribution is 7.09. The Morgan fingerprint density at radius 2 is 1.81 bits per heavy atom. The van der Waals surface area contributed by atoms with Crippen LogP contribution in [0.15, 0.2) is 60.0 Å². The third-order valence-electron chi connectivity index (χ3n) is 4.86. The molecule has 0 spiro atoms. The van der Waals surface area contributed by atoms with E-state index >= 15 is 0 Å². The molecule has 0 aliphatic heterocycles. The van der Waals surface area contributed by atoms with Crippen LogP contribution in [0.4, 0.5) is 10.5 Å². The smallest absolute Gasteiger partial charge is 0.322 e. The number of nitrogens with one attached hydrogen (secondary N) is 2. The van der Waals surface area contributed by atoms with E-state index in [4.69, 9.17) is 4.74 Å². The molecule has 0 fully saturated rings. The van der Waals surface area contributed by atoms with Crippen LogP contribution in [-0.4, -0.2) is 41.5 Å². The third kappa shape index (κ3) is 6.55. The van der Waals surface area contributed by atoms with E-state index in [2.05, 4.69) is 15.6 Å². The average molecular weight is 453 g/mol. The van der Waals surface area contributed by atoms with E-state index in [0.29, 0.717) is 29.5 Å². The molecule has 0 aliphatic rings. The second kappa shape index (κ2) is 11.3. The molecule has 2 aromatic carbocycles. The van der Waals surface area contributed by atoms with Gasteiger partial charge >= 0.3 is 6.03 Å². The van der Waals surface area contributed by atoms with Crippen LogP contribution in [0.25, 0.3) is 0 Å². The van der Waals surface area contributed by atoms with Crippen molar-refractivity contribution in [1.29, 1.82) is 0 Å². The number of anilines is 1. The quantitative estimate of drug-likeness (QED) is 0.498.